The highest BCUT2D eigenvalue weighted by Gasteiger charge is 2.14. The van der Waals surface area contributed by atoms with E-state index in [1.807, 2.05) is 32.0 Å². The van der Waals surface area contributed by atoms with Gasteiger partial charge in [0.15, 0.2) is 11.5 Å². The monoisotopic (exact) mass is 329 g/mol. The topological polar surface area (TPSA) is 56.8 Å². The van der Waals surface area contributed by atoms with Crippen LogP contribution in [0.5, 0.6) is 17.2 Å². The average Bonchev–Trinajstić information content (AvgIpc) is 2.62. The molecule has 0 aliphatic rings. The summed E-state index contributed by atoms with van der Waals surface area (Å²) >= 11 is 0. The molecule has 0 saturated carbocycles. The van der Waals surface area contributed by atoms with Crippen LogP contribution in [-0.4, -0.2) is 26.7 Å². The van der Waals surface area contributed by atoms with Gasteiger partial charge in [0.2, 0.25) is 0 Å². The van der Waals surface area contributed by atoms with Gasteiger partial charge in [0, 0.05) is 5.56 Å². The quantitative estimate of drug-likeness (QED) is 0.843. The number of carbonyl (C=O) groups excluding carboxylic acids is 1. The molecule has 5 nitrogen and oxygen atoms in total. The second-order valence-corrected chi connectivity index (χ2v) is 5.27. The normalized spacial score (nSPS) is 11.5. The first-order valence-corrected chi connectivity index (χ1v) is 7.84. The molecule has 0 fully saturated rings. The van der Waals surface area contributed by atoms with E-state index in [0.29, 0.717) is 23.7 Å². The maximum atomic E-state index is 12.3. The van der Waals surface area contributed by atoms with E-state index in [4.69, 9.17) is 14.2 Å². The fourth-order valence-electron chi connectivity index (χ4n) is 2.33. The minimum atomic E-state index is -0.163. The summed E-state index contributed by atoms with van der Waals surface area (Å²) in [7, 11) is 3.19. The van der Waals surface area contributed by atoms with Crippen molar-refractivity contribution in [3.63, 3.8) is 0 Å². The molecule has 24 heavy (non-hydrogen) atoms. The highest BCUT2D eigenvalue weighted by atomic mass is 16.5. The third-order valence-electron chi connectivity index (χ3n) is 3.69. The zero-order valence-electron chi connectivity index (χ0n) is 14.5. The fraction of sp³-hybridized carbons (Fsp3) is 0.316. The Hall–Kier alpha value is -2.69. The maximum absolute atomic E-state index is 12.3. The van der Waals surface area contributed by atoms with E-state index in [1.54, 1.807) is 38.5 Å². The Balaban J connectivity index is 2.10. The van der Waals surface area contributed by atoms with Crippen molar-refractivity contribution in [3.8, 4) is 17.2 Å². The zero-order valence-corrected chi connectivity index (χ0v) is 14.5. The molecular weight excluding hydrogens is 306 g/mol. The third-order valence-corrected chi connectivity index (χ3v) is 3.69. The summed E-state index contributed by atoms with van der Waals surface area (Å²) in [5, 5.41) is 2.98. The Kier molecular flexibility index (Phi) is 6.07. The van der Waals surface area contributed by atoms with E-state index in [-0.39, 0.29) is 11.9 Å². The van der Waals surface area contributed by atoms with E-state index in [0.717, 1.165) is 11.3 Å². The number of rotatable bonds is 7. The van der Waals surface area contributed by atoms with Crippen molar-refractivity contribution in [2.45, 2.75) is 19.9 Å². The number of methoxy groups -OCH3 is 2. The lowest BCUT2D eigenvalue weighted by Gasteiger charge is -2.17. The largest absolute Gasteiger partial charge is 0.497 e. The van der Waals surface area contributed by atoms with Gasteiger partial charge in [-0.05, 0) is 55.8 Å². The lowest BCUT2D eigenvalue weighted by atomic mass is 10.1. The average molecular weight is 329 g/mol. The van der Waals surface area contributed by atoms with Crippen molar-refractivity contribution in [2.24, 2.45) is 0 Å². The Morgan fingerprint density at radius 2 is 1.75 bits per heavy atom. The molecule has 1 amide bonds. The van der Waals surface area contributed by atoms with Gasteiger partial charge in [0.05, 0.1) is 26.9 Å². The molecule has 0 heterocycles. The molecule has 2 aromatic rings. The lowest BCUT2D eigenvalue weighted by molar-refractivity contribution is 0.0940. The standard InChI is InChI=1S/C19H23NO4/c1-5-24-17-11-8-15(12-18(17)23-4)13(2)20-19(21)14-6-9-16(22-3)10-7-14/h6-13H,5H2,1-4H3,(H,20,21). The highest BCUT2D eigenvalue weighted by molar-refractivity contribution is 5.94. The minimum Gasteiger partial charge on any atom is -0.497 e. The number of ether oxygens (including phenoxy) is 3. The molecule has 2 aromatic carbocycles. The summed E-state index contributed by atoms with van der Waals surface area (Å²) in [5.41, 5.74) is 1.53. The summed E-state index contributed by atoms with van der Waals surface area (Å²) in [5.74, 6) is 1.92. The summed E-state index contributed by atoms with van der Waals surface area (Å²) in [6.07, 6.45) is 0. The Bertz CT molecular complexity index is 682. The lowest BCUT2D eigenvalue weighted by Crippen LogP contribution is -2.26. The SMILES string of the molecule is CCOc1ccc(C(C)NC(=O)c2ccc(OC)cc2)cc1OC. The smallest absolute Gasteiger partial charge is 0.251 e. The van der Waals surface area contributed by atoms with Crippen LogP contribution in [0, 0.1) is 0 Å². The van der Waals surface area contributed by atoms with Crippen LogP contribution in [0.2, 0.25) is 0 Å². The van der Waals surface area contributed by atoms with Gasteiger partial charge in [-0.1, -0.05) is 6.07 Å². The molecule has 5 heteroatoms. The van der Waals surface area contributed by atoms with Gasteiger partial charge in [-0.15, -0.1) is 0 Å². The van der Waals surface area contributed by atoms with Crippen LogP contribution in [0.4, 0.5) is 0 Å². The van der Waals surface area contributed by atoms with Gasteiger partial charge >= 0.3 is 0 Å². The van der Waals surface area contributed by atoms with Gasteiger partial charge in [-0.3, -0.25) is 4.79 Å². The van der Waals surface area contributed by atoms with Crippen LogP contribution in [0.15, 0.2) is 42.5 Å². The summed E-state index contributed by atoms with van der Waals surface area (Å²) in [4.78, 5) is 12.3. The number of carbonyl (C=O) groups is 1. The minimum absolute atomic E-state index is 0.141. The predicted molar refractivity (Wildman–Crippen MR) is 93.0 cm³/mol. The van der Waals surface area contributed by atoms with Crippen molar-refractivity contribution in [1.29, 1.82) is 0 Å². The predicted octanol–water partition coefficient (Wildman–Crippen LogP) is 3.59. The first-order valence-electron chi connectivity index (χ1n) is 7.84. The molecule has 1 N–H and O–H groups in total. The second-order valence-electron chi connectivity index (χ2n) is 5.27. The molecule has 2 rings (SSSR count). The van der Waals surface area contributed by atoms with Gasteiger partial charge in [-0.2, -0.15) is 0 Å². The number of hydrogen-bond acceptors (Lipinski definition) is 4. The zero-order chi connectivity index (χ0) is 17.5. The van der Waals surface area contributed by atoms with Gasteiger partial charge < -0.3 is 19.5 Å². The Morgan fingerprint density at radius 3 is 2.33 bits per heavy atom. The Labute approximate surface area is 142 Å². The molecule has 0 bridgehead atoms. The van der Waals surface area contributed by atoms with Crippen molar-refractivity contribution in [1.82, 2.24) is 5.32 Å². The van der Waals surface area contributed by atoms with Crippen molar-refractivity contribution in [3.05, 3.63) is 53.6 Å². The van der Waals surface area contributed by atoms with Crippen LogP contribution in [0.1, 0.15) is 35.8 Å². The van der Waals surface area contributed by atoms with Gasteiger partial charge in [0.1, 0.15) is 5.75 Å². The number of hydrogen-bond donors (Lipinski definition) is 1. The number of amides is 1. The summed E-state index contributed by atoms with van der Waals surface area (Å²) in [6, 6.07) is 12.5. The number of benzene rings is 2. The van der Waals surface area contributed by atoms with Crippen LogP contribution in [0.3, 0.4) is 0 Å². The van der Waals surface area contributed by atoms with Crippen molar-refractivity contribution in [2.75, 3.05) is 20.8 Å². The fourth-order valence-corrected chi connectivity index (χ4v) is 2.33. The molecule has 1 unspecified atom stereocenters. The summed E-state index contributed by atoms with van der Waals surface area (Å²) in [6.45, 7) is 4.42. The number of nitrogens with one attached hydrogen (secondary N) is 1. The van der Waals surface area contributed by atoms with Gasteiger partial charge in [-0.25, -0.2) is 0 Å². The van der Waals surface area contributed by atoms with E-state index in [1.165, 1.54) is 0 Å². The molecule has 1 atom stereocenters. The van der Waals surface area contributed by atoms with Crippen molar-refractivity contribution < 1.29 is 19.0 Å². The molecule has 0 aliphatic carbocycles. The molecule has 0 saturated heterocycles. The Morgan fingerprint density at radius 1 is 1.04 bits per heavy atom. The second kappa shape index (κ2) is 8.24. The molecule has 0 aliphatic heterocycles. The van der Waals surface area contributed by atoms with Crippen LogP contribution in [0.25, 0.3) is 0 Å². The molecule has 0 spiro atoms. The van der Waals surface area contributed by atoms with E-state index in [9.17, 15) is 4.79 Å². The first kappa shape index (κ1) is 17.7. The maximum Gasteiger partial charge on any atom is 0.251 e. The first-order chi connectivity index (χ1) is 11.6. The van der Waals surface area contributed by atoms with E-state index in [2.05, 4.69) is 5.32 Å². The molecule has 0 radical (unpaired) electrons. The van der Waals surface area contributed by atoms with Crippen molar-refractivity contribution >= 4 is 5.91 Å². The highest BCUT2D eigenvalue weighted by Crippen LogP contribution is 2.30. The molecule has 128 valence electrons. The summed E-state index contributed by atoms with van der Waals surface area (Å²) < 4.78 is 16.0. The van der Waals surface area contributed by atoms with Crippen LogP contribution in [-0.2, 0) is 0 Å². The van der Waals surface area contributed by atoms with Crippen LogP contribution < -0.4 is 19.5 Å². The van der Waals surface area contributed by atoms with Gasteiger partial charge in [0.25, 0.3) is 5.91 Å². The third kappa shape index (κ3) is 4.19. The molecular formula is C19H23NO4. The van der Waals surface area contributed by atoms with Crippen LogP contribution >= 0.6 is 0 Å². The van der Waals surface area contributed by atoms with E-state index >= 15 is 0 Å². The molecule has 0 aromatic heterocycles. The van der Waals surface area contributed by atoms with E-state index < -0.39 is 0 Å².